The van der Waals surface area contributed by atoms with Crippen molar-refractivity contribution < 1.29 is 13.2 Å². The van der Waals surface area contributed by atoms with Gasteiger partial charge in [0.25, 0.3) is 0 Å². The van der Waals surface area contributed by atoms with E-state index in [1.54, 1.807) is 7.11 Å². The third-order valence-electron chi connectivity index (χ3n) is 3.45. The highest BCUT2D eigenvalue weighted by Crippen LogP contribution is 2.13. The second-order valence-corrected chi connectivity index (χ2v) is 8.02. The van der Waals surface area contributed by atoms with Crippen LogP contribution in [0.2, 0.25) is 0 Å². The fourth-order valence-corrected chi connectivity index (χ4v) is 3.88. The molecule has 8 heteroatoms. The van der Waals surface area contributed by atoms with E-state index in [0.717, 1.165) is 30.6 Å². The summed E-state index contributed by atoms with van der Waals surface area (Å²) < 4.78 is 32.1. The van der Waals surface area contributed by atoms with Crippen molar-refractivity contribution in [3.05, 3.63) is 35.4 Å². The van der Waals surface area contributed by atoms with Crippen molar-refractivity contribution in [3.8, 4) is 0 Å². The van der Waals surface area contributed by atoms with Gasteiger partial charge in [0.15, 0.2) is 5.96 Å². The van der Waals surface area contributed by atoms with Gasteiger partial charge >= 0.3 is 0 Å². The summed E-state index contributed by atoms with van der Waals surface area (Å²) in [5.74, 6) is 0.663. The average Bonchev–Trinajstić information content (AvgIpc) is 2.56. The molecule has 0 atom stereocenters. The summed E-state index contributed by atoms with van der Waals surface area (Å²) in [6.07, 6.45) is 0.886. The molecule has 0 fully saturated rings. The third-order valence-corrected chi connectivity index (χ3v) is 4.97. The Morgan fingerprint density at radius 2 is 1.88 bits per heavy atom. The maximum atomic E-state index is 12.2. The molecule has 1 aromatic rings. The van der Waals surface area contributed by atoms with Crippen LogP contribution in [0.15, 0.2) is 29.3 Å². The number of hydrogen-bond donors (Lipinski definition) is 3. The number of rotatable bonds is 11. The highest BCUT2D eigenvalue weighted by atomic mass is 32.2. The first-order valence-electron chi connectivity index (χ1n) is 8.95. The SMILES string of the molecule is CCNC(=NCc1ccccc1CS(=O)(=O)NC(C)C)NCCCOC. The molecule has 0 saturated carbocycles. The summed E-state index contributed by atoms with van der Waals surface area (Å²) in [6, 6.07) is 7.38. The molecule has 0 bridgehead atoms. The van der Waals surface area contributed by atoms with Gasteiger partial charge in [-0.2, -0.15) is 0 Å². The van der Waals surface area contributed by atoms with Crippen molar-refractivity contribution in [3.63, 3.8) is 0 Å². The number of guanidine groups is 1. The molecule has 0 saturated heterocycles. The van der Waals surface area contributed by atoms with E-state index < -0.39 is 10.0 Å². The summed E-state index contributed by atoms with van der Waals surface area (Å²) in [7, 11) is -1.69. The zero-order valence-electron chi connectivity index (χ0n) is 16.2. The first kappa shape index (κ1) is 22.4. The Balaban J connectivity index is 2.81. The minimum absolute atomic E-state index is 0.0469. The first-order chi connectivity index (χ1) is 12.4. The van der Waals surface area contributed by atoms with E-state index in [1.165, 1.54) is 0 Å². The molecule has 0 aliphatic rings. The predicted molar refractivity (Wildman–Crippen MR) is 107 cm³/mol. The lowest BCUT2D eigenvalue weighted by Crippen LogP contribution is -2.38. The van der Waals surface area contributed by atoms with Crippen LogP contribution in [0.1, 0.15) is 38.3 Å². The van der Waals surface area contributed by atoms with Gasteiger partial charge in [-0.05, 0) is 38.3 Å². The quantitative estimate of drug-likeness (QED) is 0.306. The Morgan fingerprint density at radius 3 is 2.50 bits per heavy atom. The number of nitrogens with zero attached hydrogens (tertiary/aromatic N) is 1. The van der Waals surface area contributed by atoms with Crippen LogP contribution in [0, 0.1) is 0 Å². The Labute approximate surface area is 157 Å². The maximum Gasteiger partial charge on any atom is 0.216 e. The predicted octanol–water partition coefficient (Wildman–Crippen LogP) is 1.61. The molecule has 1 aromatic carbocycles. The Kier molecular flexibility index (Phi) is 10.2. The van der Waals surface area contributed by atoms with E-state index in [2.05, 4.69) is 20.3 Å². The molecule has 0 radical (unpaired) electrons. The number of ether oxygens (including phenoxy) is 1. The van der Waals surface area contributed by atoms with Crippen LogP contribution in [0.5, 0.6) is 0 Å². The van der Waals surface area contributed by atoms with Gasteiger partial charge in [0.2, 0.25) is 10.0 Å². The summed E-state index contributed by atoms with van der Waals surface area (Å²) in [6.45, 7) is 8.24. The molecule has 0 aliphatic carbocycles. The van der Waals surface area contributed by atoms with Crippen LogP contribution in [0.25, 0.3) is 0 Å². The van der Waals surface area contributed by atoms with Crippen LogP contribution in [0.3, 0.4) is 0 Å². The lowest BCUT2D eigenvalue weighted by Gasteiger charge is -2.13. The number of methoxy groups -OCH3 is 1. The van der Waals surface area contributed by atoms with Crippen LogP contribution in [-0.4, -0.2) is 47.2 Å². The highest BCUT2D eigenvalue weighted by Gasteiger charge is 2.15. The molecule has 3 N–H and O–H groups in total. The van der Waals surface area contributed by atoms with Crippen molar-refractivity contribution >= 4 is 16.0 Å². The van der Waals surface area contributed by atoms with Crippen molar-refractivity contribution in [2.75, 3.05) is 26.8 Å². The number of benzene rings is 1. The van der Waals surface area contributed by atoms with E-state index >= 15 is 0 Å². The van der Waals surface area contributed by atoms with E-state index in [0.29, 0.717) is 19.1 Å². The lowest BCUT2D eigenvalue weighted by molar-refractivity contribution is 0.195. The van der Waals surface area contributed by atoms with Crippen LogP contribution < -0.4 is 15.4 Å². The zero-order chi connectivity index (χ0) is 19.4. The molecule has 26 heavy (non-hydrogen) atoms. The minimum atomic E-state index is -3.37. The van der Waals surface area contributed by atoms with Crippen molar-refractivity contribution in [1.82, 2.24) is 15.4 Å². The molecule has 7 nitrogen and oxygen atoms in total. The Hall–Kier alpha value is -1.64. The second-order valence-electron chi connectivity index (χ2n) is 6.27. The summed E-state index contributed by atoms with van der Waals surface area (Å²) >= 11 is 0. The number of aliphatic imine (C=N–C) groups is 1. The molecule has 0 spiro atoms. The number of nitrogens with one attached hydrogen (secondary N) is 3. The zero-order valence-corrected chi connectivity index (χ0v) is 17.0. The van der Waals surface area contributed by atoms with Crippen molar-refractivity contribution in [1.29, 1.82) is 0 Å². The molecule has 1 rings (SSSR count). The fourth-order valence-electron chi connectivity index (χ4n) is 2.39. The molecular formula is C18H32N4O3S. The normalized spacial score (nSPS) is 12.4. The van der Waals surface area contributed by atoms with Crippen LogP contribution >= 0.6 is 0 Å². The van der Waals surface area contributed by atoms with Crippen LogP contribution in [-0.2, 0) is 27.1 Å². The molecule has 0 aliphatic heterocycles. The standard InChI is InChI=1S/C18H32N4O3S/c1-5-19-18(20-11-8-12-25-4)21-13-16-9-6-7-10-17(16)14-26(23,24)22-15(2)3/h6-7,9-10,15,22H,5,8,11-14H2,1-4H3,(H2,19,20,21). The fraction of sp³-hybridized carbons (Fsp3) is 0.611. The Morgan fingerprint density at radius 1 is 1.19 bits per heavy atom. The molecule has 0 unspecified atom stereocenters. The summed E-state index contributed by atoms with van der Waals surface area (Å²) in [4.78, 5) is 4.57. The molecule has 0 amide bonds. The lowest BCUT2D eigenvalue weighted by atomic mass is 10.1. The smallest absolute Gasteiger partial charge is 0.216 e. The van der Waals surface area contributed by atoms with Gasteiger partial charge < -0.3 is 15.4 Å². The van der Waals surface area contributed by atoms with Gasteiger partial charge in [-0.25, -0.2) is 18.1 Å². The first-order valence-corrected chi connectivity index (χ1v) is 10.6. The van der Waals surface area contributed by atoms with E-state index in [4.69, 9.17) is 4.74 Å². The minimum Gasteiger partial charge on any atom is -0.385 e. The second kappa shape index (κ2) is 11.9. The van der Waals surface area contributed by atoms with Crippen molar-refractivity contribution in [2.45, 2.75) is 45.5 Å². The van der Waals surface area contributed by atoms with Gasteiger partial charge in [0.05, 0.1) is 12.3 Å². The molecular weight excluding hydrogens is 352 g/mol. The number of hydrogen-bond acceptors (Lipinski definition) is 4. The molecule has 0 aromatic heterocycles. The van der Waals surface area contributed by atoms with E-state index in [-0.39, 0.29) is 11.8 Å². The topological polar surface area (TPSA) is 91.8 Å². The maximum absolute atomic E-state index is 12.2. The van der Waals surface area contributed by atoms with Crippen molar-refractivity contribution in [2.24, 2.45) is 4.99 Å². The third kappa shape index (κ3) is 9.17. The highest BCUT2D eigenvalue weighted by molar-refractivity contribution is 7.88. The average molecular weight is 385 g/mol. The van der Waals surface area contributed by atoms with Gasteiger partial charge in [0.1, 0.15) is 0 Å². The summed E-state index contributed by atoms with van der Waals surface area (Å²) in [5.41, 5.74) is 1.66. The molecule has 148 valence electrons. The van der Waals surface area contributed by atoms with Gasteiger partial charge in [-0.1, -0.05) is 24.3 Å². The van der Waals surface area contributed by atoms with Gasteiger partial charge in [-0.3, -0.25) is 0 Å². The Bertz CT molecular complexity index is 660. The summed E-state index contributed by atoms with van der Waals surface area (Å²) in [5, 5.41) is 6.44. The van der Waals surface area contributed by atoms with Crippen LogP contribution in [0.4, 0.5) is 0 Å². The monoisotopic (exact) mass is 384 g/mol. The largest absolute Gasteiger partial charge is 0.385 e. The van der Waals surface area contributed by atoms with E-state index in [9.17, 15) is 8.42 Å². The van der Waals surface area contributed by atoms with Gasteiger partial charge in [-0.15, -0.1) is 0 Å². The van der Waals surface area contributed by atoms with Gasteiger partial charge in [0, 0.05) is 32.8 Å². The molecule has 0 heterocycles. The van der Waals surface area contributed by atoms with E-state index in [1.807, 2.05) is 45.0 Å². The number of sulfonamides is 1.